The van der Waals surface area contributed by atoms with Crippen molar-refractivity contribution in [2.24, 2.45) is 0 Å². The Morgan fingerprint density at radius 3 is 2.76 bits per heavy atom. The largest absolute Gasteiger partial charge is 0.339 e. The number of carbonyl (C=O) groups is 1. The molecule has 1 aliphatic carbocycles. The first kappa shape index (κ1) is 15.1. The van der Waals surface area contributed by atoms with Crippen molar-refractivity contribution in [3.8, 4) is 0 Å². The Balaban J connectivity index is 1.85. The first-order valence-corrected chi connectivity index (χ1v) is 8.85. The highest BCUT2D eigenvalue weighted by Gasteiger charge is 2.34. The predicted molar refractivity (Wildman–Crippen MR) is 87.6 cm³/mol. The molecule has 2 unspecified atom stereocenters. The lowest BCUT2D eigenvalue weighted by atomic mass is 10.0. The van der Waals surface area contributed by atoms with E-state index in [-0.39, 0.29) is 5.91 Å². The van der Waals surface area contributed by atoms with Crippen LogP contribution in [0.2, 0.25) is 0 Å². The van der Waals surface area contributed by atoms with Gasteiger partial charge in [0.25, 0.3) is 5.91 Å². The van der Waals surface area contributed by atoms with Crippen molar-refractivity contribution < 1.29 is 4.79 Å². The van der Waals surface area contributed by atoms with Gasteiger partial charge in [0, 0.05) is 41.9 Å². The number of halogens is 1. The number of nitrogens with zero attached hydrogens (tertiary/aromatic N) is 2. The molecular weight excluding hydrogens is 330 g/mol. The molecule has 1 aromatic rings. The van der Waals surface area contributed by atoms with Gasteiger partial charge in [0.1, 0.15) is 5.69 Å². The van der Waals surface area contributed by atoms with Crippen molar-refractivity contribution in [1.82, 2.24) is 14.8 Å². The van der Waals surface area contributed by atoms with Crippen LogP contribution in [0.4, 0.5) is 0 Å². The fourth-order valence-corrected chi connectivity index (χ4v) is 3.61. The second kappa shape index (κ2) is 6.13. The highest BCUT2D eigenvalue weighted by atomic mass is 79.9. The summed E-state index contributed by atoms with van der Waals surface area (Å²) in [5.41, 5.74) is 0.847. The lowest BCUT2D eigenvalue weighted by Gasteiger charge is -2.40. The minimum absolute atomic E-state index is 0.194. The van der Waals surface area contributed by atoms with E-state index in [1.54, 1.807) is 0 Å². The number of piperazine rings is 1. The van der Waals surface area contributed by atoms with E-state index in [9.17, 15) is 4.79 Å². The molecule has 1 saturated heterocycles. The van der Waals surface area contributed by atoms with Crippen molar-refractivity contribution in [1.29, 1.82) is 0 Å². The number of carbonyl (C=O) groups excluding carboxylic acids is 1. The summed E-state index contributed by atoms with van der Waals surface area (Å²) in [6.45, 7) is 6.07. The van der Waals surface area contributed by atoms with Crippen molar-refractivity contribution >= 4 is 21.8 Å². The Kier molecular flexibility index (Phi) is 4.41. The number of nitrogens with one attached hydrogen (secondary N) is 1. The summed E-state index contributed by atoms with van der Waals surface area (Å²) in [6.07, 6.45) is 6.51. The molecule has 3 rings (SSSR count). The molecule has 2 aliphatic rings. The molecule has 0 radical (unpaired) electrons. The standard InChI is InChI=1S/C16H24BrN3O/c1-3-12-10-20(13(4-2)8-18-12)16(21)15-7-11(17)9-19(15)14-5-6-14/h7,9,12-14,18H,3-6,8,10H2,1-2H3. The summed E-state index contributed by atoms with van der Waals surface area (Å²) in [7, 11) is 0. The quantitative estimate of drug-likeness (QED) is 0.902. The topological polar surface area (TPSA) is 37.3 Å². The van der Waals surface area contributed by atoms with Gasteiger partial charge in [0.2, 0.25) is 0 Å². The molecule has 5 heteroatoms. The van der Waals surface area contributed by atoms with Gasteiger partial charge in [-0.05, 0) is 47.7 Å². The molecule has 0 aromatic carbocycles. The number of hydrogen-bond acceptors (Lipinski definition) is 2. The molecule has 116 valence electrons. The molecule has 21 heavy (non-hydrogen) atoms. The average molecular weight is 354 g/mol. The summed E-state index contributed by atoms with van der Waals surface area (Å²) in [4.78, 5) is 15.1. The molecule has 1 aliphatic heterocycles. The summed E-state index contributed by atoms with van der Waals surface area (Å²) in [5, 5.41) is 3.55. The molecule has 1 N–H and O–H groups in total. The fraction of sp³-hybridized carbons (Fsp3) is 0.688. The normalized spacial score (nSPS) is 26.1. The lowest BCUT2D eigenvalue weighted by Crippen LogP contribution is -2.58. The third-order valence-electron chi connectivity index (χ3n) is 4.70. The first-order valence-electron chi connectivity index (χ1n) is 8.05. The maximum Gasteiger partial charge on any atom is 0.270 e. The van der Waals surface area contributed by atoms with Crippen LogP contribution < -0.4 is 5.32 Å². The second-order valence-electron chi connectivity index (χ2n) is 6.22. The maximum atomic E-state index is 13.1. The monoisotopic (exact) mass is 353 g/mol. The molecule has 2 atom stereocenters. The van der Waals surface area contributed by atoms with Gasteiger partial charge in [0.05, 0.1) is 0 Å². The summed E-state index contributed by atoms with van der Waals surface area (Å²) < 4.78 is 3.18. The molecule has 1 saturated carbocycles. The molecule has 0 bridgehead atoms. The molecule has 4 nitrogen and oxygen atoms in total. The van der Waals surface area contributed by atoms with Crippen molar-refractivity contribution in [3.63, 3.8) is 0 Å². The van der Waals surface area contributed by atoms with Gasteiger partial charge in [0.15, 0.2) is 0 Å². The average Bonchev–Trinajstić information content (AvgIpc) is 3.28. The minimum Gasteiger partial charge on any atom is -0.339 e. The van der Waals surface area contributed by atoms with E-state index in [4.69, 9.17) is 0 Å². The van der Waals surface area contributed by atoms with Crippen LogP contribution in [0.25, 0.3) is 0 Å². The van der Waals surface area contributed by atoms with Crippen LogP contribution in [0.3, 0.4) is 0 Å². The zero-order valence-electron chi connectivity index (χ0n) is 12.8. The summed E-state index contributed by atoms with van der Waals surface area (Å²) >= 11 is 3.53. The van der Waals surface area contributed by atoms with Gasteiger partial charge in [-0.15, -0.1) is 0 Å². The molecule has 2 heterocycles. The number of rotatable bonds is 4. The van der Waals surface area contributed by atoms with E-state index in [0.29, 0.717) is 18.1 Å². The molecule has 1 amide bonds. The van der Waals surface area contributed by atoms with Crippen molar-refractivity contribution in [3.05, 3.63) is 22.4 Å². The van der Waals surface area contributed by atoms with E-state index >= 15 is 0 Å². The second-order valence-corrected chi connectivity index (χ2v) is 7.13. The van der Waals surface area contributed by atoms with Gasteiger partial charge in [-0.25, -0.2) is 0 Å². The van der Waals surface area contributed by atoms with Gasteiger partial charge in [-0.1, -0.05) is 13.8 Å². The van der Waals surface area contributed by atoms with Gasteiger partial charge in [-0.3, -0.25) is 4.79 Å². The van der Waals surface area contributed by atoms with Crippen LogP contribution in [0.15, 0.2) is 16.7 Å². The van der Waals surface area contributed by atoms with Gasteiger partial charge in [-0.2, -0.15) is 0 Å². The van der Waals surface area contributed by atoms with E-state index < -0.39 is 0 Å². The van der Waals surface area contributed by atoms with Crippen LogP contribution >= 0.6 is 15.9 Å². The van der Waals surface area contributed by atoms with Crippen LogP contribution in [-0.2, 0) is 0 Å². The van der Waals surface area contributed by atoms with Crippen LogP contribution in [-0.4, -0.2) is 40.5 Å². The lowest BCUT2D eigenvalue weighted by molar-refractivity contribution is 0.0564. The number of amides is 1. The maximum absolute atomic E-state index is 13.1. The first-order chi connectivity index (χ1) is 10.1. The highest BCUT2D eigenvalue weighted by molar-refractivity contribution is 9.10. The third-order valence-corrected chi connectivity index (χ3v) is 5.13. The van der Waals surface area contributed by atoms with Crippen LogP contribution in [0.5, 0.6) is 0 Å². The van der Waals surface area contributed by atoms with Crippen LogP contribution in [0.1, 0.15) is 56.1 Å². The van der Waals surface area contributed by atoms with E-state index in [1.807, 2.05) is 6.07 Å². The molecule has 2 fully saturated rings. The fourth-order valence-electron chi connectivity index (χ4n) is 3.17. The molecular formula is C16H24BrN3O. The third kappa shape index (κ3) is 3.04. The molecule has 0 spiro atoms. The Labute approximate surface area is 135 Å². The van der Waals surface area contributed by atoms with Gasteiger partial charge < -0.3 is 14.8 Å². The van der Waals surface area contributed by atoms with E-state index in [0.717, 1.165) is 36.1 Å². The Bertz CT molecular complexity index is 524. The van der Waals surface area contributed by atoms with E-state index in [1.165, 1.54) is 12.8 Å². The van der Waals surface area contributed by atoms with Crippen molar-refractivity contribution in [2.75, 3.05) is 13.1 Å². The smallest absolute Gasteiger partial charge is 0.270 e. The van der Waals surface area contributed by atoms with E-state index in [2.05, 4.69) is 50.8 Å². The van der Waals surface area contributed by atoms with Crippen LogP contribution in [0, 0.1) is 0 Å². The van der Waals surface area contributed by atoms with Crippen molar-refractivity contribution in [2.45, 2.75) is 57.7 Å². The Morgan fingerprint density at radius 1 is 1.38 bits per heavy atom. The SMILES string of the molecule is CCC1CN(C(=O)c2cc(Br)cn2C2CC2)C(CC)CN1. The number of aromatic nitrogens is 1. The number of hydrogen-bond donors (Lipinski definition) is 1. The summed E-state index contributed by atoms with van der Waals surface area (Å²) in [6, 6.07) is 3.24. The van der Waals surface area contributed by atoms with Gasteiger partial charge >= 0.3 is 0 Å². The Hall–Kier alpha value is -0.810. The minimum atomic E-state index is 0.194. The molecule has 1 aromatic heterocycles. The Morgan fingerprint density at radius 2 is 2.14 bits per heavy atom. The zero-order valence-corrected chi connectivity index (χ0v) is 14.4. The predicted octanol–water partition coefficient (Wildman–Crippen LogP) is 3.19. The highest BCUT2D eigenvalue weighted by Crippen LogP contribution is 2.38. The summed E-state index contributed by atoms with van der Waals surface area (Å²) in [5.74, 6) is 0.194. The zero-order chi connectivity index (χ0) is 15.0.